The highest BCUT2D eigenvalue weighted by molar-refractivity contribution is 5.55. The first-order valence-electron chi connectivity index (χ1n) is 7.47. The molecule has 2 rings (SSSR count). The predicted octanol–water partition coefficient (Wildman–Crippen LogP) is 2.63. The van der Waals surface area contributed by atoms with Gasteiger partial charge in [-0.2, -0.15) is 0 Å². The van der Waals surface area contributed by atoms with Crippen LogP contribution >= 0.6 is 0 Å². The molecule has 3 heteroatoms. The van der Waals surface area contributed by atoms with Crippen LogP contribution in [0.1, 0.15) is 38.8 Å². The van der Waals surface area contributed by atoms with Gasteiger partial charge >= 0.3 is 0 Å². The lowest BCUT2D eigenvalue weighted by atomic mass is 10.0. The lowest BCUT2D eigenvalue weighted by Gasteiger charge is -2.39. The second kappa shape index (κ2) is 6.40. The summed E-state index contributed by atoms with van der Waals surface area (Å²) in [4.78, 5) is 5.07. The summed E-state index contributed by atoms with van der Waals surface area (Å²) in [6, 6.07) is 9.35. The summed E-state index contributed by atoms with van der Waals surface area (Å²) < 4.78 is 0. The topological polar surface area (TPSA) is 32.5 Å². The molecule has 0 bridgehead atoms. The van der Waals surface area contributed by atoms with Crippen LogP contribution in [0.5, 0.6) is 0 Å². The maximum atomic E-state index is 6.08. The fourth-order valence-electron chi connectivity index (χ4n) is 2.82. The molecule has 1 heterocycles. The van der Waals surface area contributed by atoms with E-state index in [2.05, 4.69) is 54.8 Å². The van der Waals surface area contributed by atoms with E-state index in [-0.39, 0.29) is 6.04 Å². The number of piperazine rings is 1. The predicted molar refractivity (Wildman–Crippen MR) is 82.6 cm³/mol. The third-order valence-electron chi connectivity index (χ3n) is 4.30. The molecule has 1 saturated heterocycles. The molecule has 0 spiro atoms. The number of nitrogens with two attached hydrogens (primary N) is 1. The van der Waals surface area contributed by atoms with Crippen LogP contribution in [0.4, 0.5) is 5.69 Å². The van der Waals surface area contributed by atoms with Crippen molar-refractivity contribution in [1.29, 1.82) is 0 Å². The van der Waals surface area contributed by atoms with Crippen molar-refractivity contribution in [2.75, 3.05) is 31.1 Å². The Labute approximate surface area is 117 Å². The molecular weight excluding hydrogens is 234 g/mol. The first-order valence-corrected chi connectivity index (χ1v) is 7.47. The van der Waals surface area contributed by atoms with E-state index in [1.54, 1.807) is 0 Å². The maximum Gasteiger partial charge on any atom is 0.0415 e. The van der Waals surface area contributed by atoms with Gasteiger partial charge in [-0.05, 0) is 31.9 Å². The number of anilines is 1. The minimum atomic E-state index is 0.101. The van der Waals surface area contributed by atoms with E-state index in [0.29, 0.717) is 6.04 Å². The van der Waals surface area contributed by atoms with Gasteiger partial charge in [-0.1, -0.05) is 25.1 Å². The number of para-hydroxylation sites is 1. The molecule has 1 aromatic rings. The van der Waals surface area contributed by atoms with Gasteiger partial charge in [-0.25, -0.2) is 0 Å². The Morgan fingerprint density at radius 2 is 1.74 bits per heavy atom. The Balaban J connectivity index is 2.06. The van der Waals surface area contributed by atoms with Crippen molar-refractivity contribution < 1.29 is 0 Å². The summed E-state index contributed by atoms with van der Waals surface area (Å²) in [6.45, 7) is 11.2. The van der Waals surface area contributed by atoms with Gasteiger partial charge in [0.2, 0.25) is 0 Å². The molecule has 0 radical (unpaired) electrons. The van der Waals surface area contributed by atoms with Crippen molar-refractivity contribution in [2.45, 2.75) is 39.3 Å². The highest BCUT2D eigenvalue weighted by Gasteiger charge is 2.22. The van der Waals surface area contributed by atoms with E-state index in [9.17, 15) is 0 Å². The molecule has 1 aliphatic rings. The maximum absolute atomic E-state index is 6.08. The molecule has 19 heavy (non-hydrogen) atoms. The molecule has 0 amide bonds. The Bertz CT molecular complexity index is 395. The quantitative estimate of drug-likeness (QED) is 0.904. The Hall–Kier alpha value is -1.06. The molecule has 3 nitrogen and oxygen atoms in total. The minimum Gasteiger partial charge on any atom is -0.369 e. The van der Waals surface area contributed by atoms with Crippen LogP contribution in [-0.4, -0.2) is 37.1 Å². The number of nitrogens with zero attached hydrogens (tertiary/aromatic N) is 2. The zero-order valence-electron chi connectivity index (χ0n) is 12.5. The van der Waals surface area contributed by atoms with Crippen molar-refractivity contribution >= 4 is 5.69 Å². The molecule has 1 aliphatic heterocycles. The summed E-state index contributed by atoms with van der Waals surface area (Å²) >= 11 is 0. The fraction of sp³-hybridized carbons (Fsp3) is 0.625. The van der Waals surface area contributed by atoms with Crippen molar-refractivity contribution in [3.8, 4) is 0 Å². The van der Waals surface area contributed by atoms with Crippen LogP contribution in [0.25, 0.3) is 0 Å². The van der Waals surface area contributed by atoms with Gasteiger partial charge in [0, 0.05) is 44.0 Å². The largest absolute Gasteiger partial charge is 0.369 e. The zero-order valence-corrected chi connectivity index (χ0v) is 12.5. The second-order valence-corrected chi connectivity index (χ2v) is 5.63. The van der Waals surface area contributed by atoms with Crippen LogP contribution in [0, 0.1) is 0 Å². The zero-order chi connectivity index (χ0) is 13.8. The van der Waals surface area contributed by atoms with Crippen LogP contribution in [-0.2, 0) is 0 Å². The molecule has 0 saturated carbocycles. The normalized spacial score (nSPS) is 20.3. The van der Waals surface area contributed by atoms with Gasteiger partial charge in [-0.15, -0.1) is 0 Å². The van der Waals surface area contributed by atoms with E-state index in [1.165, 1.54) is 17.7 Å². The van der Waals surface area contributed by atoms with E-state index in [0.717, 1.165) is 26.2 Å². The van der Waals surface area contributed by atoms with Crippen molar-refractivity contribution in [1.82, 2.24) is 4.90 Å². The van der Waals surface area contributed by atoms with Crippen molar-refractivity contribution in [3.63, 3.8) is 0 Å². The average molecular weight is 261 g/mol. The minimum absolute atomic E-state index is 0.101. The first-order chi connectivity index (χ1) is 9.13. The fourth-order valence-corrected chi connectivity index (χ4v) is 2.82. The van der Waals surface area contributed by atoms with E-state index in [1.807, 2.05) is 0 Å². The molecule has 0 aromatic heterocycles. The van der Waals surface area contributed by atoms with Gasteiger partial charge in [0.25, 0.3) is 0 Å². The summed E-state index contributed by atoms with van der Waals surface area (Å²) in [5, 5.41) is 0. The SMILES string of the molecule is CCC(C)N1CCN(c2ccccc2[C@@H](C)N)CC1. The summed E-state index contributed by atoms with van der Waals surface area (Å²) in [7, 11) is 0. The van der Waals surface area contributed by atoms with Gasteiger partial charge in [0.05, 0.1) is 0 Å². The third-order valence-corrected chi connectivity index (χ3v) is 4.30. The number of hydrogen-bond donors (Lipinski definition) is 1. The molecule has 1 aromatic carbocycles. The lowest BCUT2D eigenvalue weighted by molar-refractivity contribution is 0.192. The summed E-state index contributed by atoms with van der Waals surface area (Å²) in [5.74, 6) is 0. The molecule has 0 aliphatic carbocycles. The molecule has 106 valence electrons. The molecule has 2 atom stereocenters. The monoisotopic (exact) mass is 261 g/mol. The van der Waals surface area contributed by atoms with Gasteiger partial charge in [0.1, 0.15) is 0 Å². The Kier molecular flexibility index (Phi) is 4.83. The highest BCUT2D eigenvalue weighted by Crippen LogP contribution is 2.26. The second-order valence-electron chi connectivity index (χ2n) is 5.63. The van der Waals surface area contributed by atoms with Crippen LogP contribution < -0.4 is 10.6 Å². The van der Waals surface area contributed by atoms with E-state index < -0.39 is 0 Å². The number of rotatable bonds is 4. The molecule has 1 fully saturated rings. The Morgan fingerprint density at radius 3 is 2.32 bits per heavy atom. The van der Waals surface area contributed by atoms with E-state index >= 15 is 0 Å². The summed E-state index contributed by atoms with van der Waals surface area (Å²) in [6.07, 6.45) is 1.23. The first kappa shape index (κ1) is 14.4. The summed E-state index contributed by atoms with van der Waals surface area (Å²) in [5.41, 5.74) is 8.67. The smallest absolute Gasteiger partial charge is 0.0415 e. The molecular formula is C16H27N3. The van der Waals surface area contributed by atoms with Gasteiger partial charge in [0.15, 0.2) is 0 Å². The van der Waals surface area contributed by atoms with Crippen molar-refractivity contribution in [2.24, 2.45) is 5.73 Å². The molecule has 2 N–H and O–H groups in total. The van der Waals surface area contributed by atoms with Gasteiger partial charge in [-0.3, -0.25) is 4.90 Å². The van der Waals surface area contributed by atoms with E-state index in [4.69, 9.17) is 5.73 Å². The van der Waals surface area contributed by atoms with Gasteiger partial charge < -0.3 is 10.6 Å². The average Bonchev–Trinajstić information content (AvgIpc) is 2.46. The van der Waals surface area contributed by atoms with Crippen LogP contribution in [0.2, 0.25) is 0 Å². The van der Waals surface area contributed by atoms with Crippen LogP contribution in [0.15, 0.2) is 24.3 Å². The van der Waals surface area contributed by atoms with Crippen molar-refractivity contribution in [3.05, 3.63) is 29.8 Å². The Morgan fingerprint density at radius 1 is 1.11 bits per heavy atom. The number of hydrogen-bond acceptors (Lipinski definition) is 3. The third kappa shape index (κ3) is 3.28. The highest BCUT2D eigenvalue weighted by atomic mass is 15.3. The number of benzene rings is 1. The lowest BCUT2D eigenvalue weighted by Crippen LogP contribution is -2.49. The molecule has 1 unspecified atom stereocenters. The standard InChI is InChI=1S/C16H27N3/c1-4-13(2)18-9-11-19(12-10-18)16-8-6-5-7-15(16)14(3)17/h5-8,13-14H,4,9-12,17H2,1-3H3/t13?,14-/m1/s1. The van der Waals surface area contributed by atoms with Crippen LogP contribution in [0.3, 0.4) is 0 Å².